The van der Waals surface area contributed by atoms with Gasteiger partial charge in [0, 0.05) is 7.11 Å². The molecule has 60 valence electrons. The van der Waals surface area contributed by atoms with Crippen LogP contribution in [0, 0.1) is 0 Å². The fourth-order valence-electron chi connectivity index (χ4n) is 1.90. The smallest absolute Gasteiger partial charge is 0.192 e. The van der Waals surface area contributed by atoms with Crippen LogP contribution in [0.1, 0.15) is 26.2 Å². The van der Waals surface area contributed by atoms with Crippen molar-refractivity contribution in [2.45, 2.75) is 44.3 Å². The van der Waals surface area contributed by atoms with E-state index < -0.39 is 8.32 Å². The van der Waals surface area contributed by atoms with Crippen LogP contribution in [0.3, 0.4) is 0 Å². The summed E-state index contributed by atoms with van der Waals surface area (Å²) in [6.45, 7) is 2.29. The van der Waals surface area contributed by atoms with Crippen LogP contribution in [0.4, 0.5) is 0 Å². The van der Waals surface area contributed by atoms with Gasteiger partial charge < -0.3 is 4.43 Å². The molecular weight excluding hydrogens is 140 g/mol. The topological polar surface area (TPSA) is 9.23 Å². The normalized spacial score (nSPS) is 24.6. The molecule has 1 fully saturated rings. The number of hydrogen-bond acceptors (Lipinski definition) is 1. The van der Waals surface area contributed by atoms with E-state index in [1.807, 2.05) is 7.11 Å². The Hall–Kier alpha value is 0.177. The van der Waals surface area contributed by atoms with Gasteiger partial charge in [-0.25, -0.2) is 0 Å². The quantitative estimate of drug-likeness (QED) is 0.561. The van der Waals surface area contributed by atoms with Gasteiger partial charge in [-0.2, -0.15) is 0 Å². The summed E-state index contributed by atoms with van der Waals surface area (Å²) in [5.41, 5.74) is 0. The molecule has 1 nitrogen and oxygen atoms in total. The summed E-state index contributed by atoms with van der Waals surface area (Å²) in [5, 5.41) is 0. The Morgan fingerprint density at radius 1 is 1.20 bits per heavy atom. The molecule has 1 heterocycles. The van der Waals surface area contributed by atoms with Gasteiger partial charge >= 0.3 is 0 Å². The first-order valence-electron chi connectivity index (χ1n) is 4.38. The molecule has 0 aliphatic carbocycles. The fraction of sp³-hybridized carbons (Fsp3) is 1.00. The molecule has 0 aromatic rings. The number of hydrogen-bond donors (Lipinski definition) is 0. The van der Waals surface area contributed by atoms with Crippen LogP contribution in [0.15, 0.2) is 0 Å². The van der Waals surface area contributed by atoms with E-state index in [0.717, 1.165) is 0 Å². The third kappa shape index (κ3) is 1.61. The summed E-state index contributed by atoms with van der Waals surface area (Å²) in [6.07, 6.45) is 4.29. The van der Waals surface area contributed by atoms with Crippen molar-refractivity contribution in [1.29, 1.82) is 0 Å². The second-order valence-electron chi connectivity index (χ2n) is 3.30. The van der Waals surface area contributed by atoms with E-state index in [1.165, 1.54) is 37.4 Å². The van der Waals surface area contributed by atoms with Crippen molar-refractivity contribution >= 4 is 8.32 Å². The second kappa shape index (κ2) is 3.53. The van der Waals surface area contributed by atoms with E-state index >= 15 is 0 Å². The predicted octanol–water partition coefficient (Wildman–Crippen LogP) is 2.78. The highest BCUT2D eigenvalue weighted by Gasteiger charge is 2.32. The lowest BCUT2D eigenvalue weighted by Crippen LogP contribution is -2.37. The van der Waals surface area contributed by atoms with Crippen molar-refractivity contribution in [3.63, 3.8) is 0 Å². The molecule has 0 spiro atoms. The molecule has 1 saturated heterocycles. The summed E-state index contributed by atoms with van der Waals surface area (Å²) in [7, 11) is 0.787. The zero-order valence-electron chi connectivity index (χ0n) is 7.15. The first-order valence-corrected chi connectivity index (χ1v) is 6.91. The van der Waals surface area contributed by atoms with E-state index in [0.29, 0.717) is 0 Å². The molecule has 2 heteroatoms. The van der Waals surface area contributed by atoms with Crippen molar-refractivity contribution < 1.29 is 4.43 Å². The Morgan fingerprint density at radius 2 is 1.80 bits per heavy atom. The minimum Gasteiger partial charge on any atom is -0.420 e. The summed E-state index contributed by atoms with van der Waals surface area (Å²) < 4.78 is 5.67. The van der Waals surface area contributed by atoms with E-state index in [9.17, 15) is 0 Å². The van der Waals surface area contributed by atoms with Gasteiger partial charge in [-0.15, -0.1) is 0 Å². The molecule has 0 N–H and O–H groups in total. The standard InChI is InChI=1S/C8H18OSi/c1-3-10(9-2)7-5-4-6-8-10/h3-8H2,1-2H3. The van der Waals surface area contributed by atoms with Crippen LogP contribution in [-0.4, -0.2) is 15.4 Å². The summed E-state index contributed by atoms with van der Waals surface area (Å²) in [6, 6.07) is 4.16. The lowest BCUT2D eigenvalue weighted by atomic mass is 10.3. The molecule has 0 aromatic carbocycles. The molecule has 0 aromatic heterocycles. The zero-order valence-corrected chi connectivity index (χ0v) is 8.15. The van der Waals surface area contributed by atoms with Gasteiger partial charge in [-0.05, 0) is 18.1 Å². The Kier molecular flexibility index (Phi) is 2.92. The maximum Gasteiger partial charge on any atom is 0.192 e. The molecule has 0 atom stereocenters. The minimum absolute atomic E-state index is 1.13. The monoisotopic (exact) mass is 158 g/mol. The third-order valence-electron chi connectivity index (χ3n) is 2.84. The van der Waals surface area contributed by atoms with Crippen LogP contribution in [0.2, 0.25) is 18.1 Å². The third-order valence-corrected chi connectivity index (χ3v) is 7.53. The number of rotatable bonds is 2. The Balaban J connectivity index is 2.44. The first kappa shape index (κ1) is 8.28. The van der Waals surface area contributed by atoms with E-state index in [4.69, 9.17) is 4.43 Å². The molecule has 0 amide bonds. The van der Waals surface area contributed by atoms with Crippen LogP contribution >= 0.6 is 0 Å². The molecule has 0 saturated carbocycles. The summed E-state index contributed by atoms with van der Waals surface area (Å²) >= 11 is 0. The summed E-state index contributed by atoms with van der Waals surface area (Å²) in [5.74, 6) is 0. The van der Waals surface area contributed by atoms with Crippen LogP contribution in [0.25, 0.3) is 0 Å². The highest BCUT2D eigenvalue weighted by atomic mass is 28.4. The Bertz CT molecular complexity index is 91.4. The van der Waals surface area contributed by atoms with Crippen LogP contribution < -0.4 is 0 Å². The highest BCUT2D eigenvalue weighted by Crippen LogP contribution is 2.31. The van der Waals surface area contributed by atoms with Gasteiger partial charge in [0.1, 0.15) is 0 Å². The molecule has 0 unspecified atom stereocenters. The molecule has 1 aliphatic rings. The molecule has 0 bridgehead atoms. The molecular formula is C8H18OSi. The molecule has 0 radical (unpaired) electrons. The van der Waals surface area contributed by atoms with Crippen molar-refractivity contribution in [1.82, 2.24) is 0 Å². The average molecular weight is 158 g/mol. The van der Waals surface area contributed by atoms with Gasteiger partial charge in [0.05, 0.1) is 0 Å². The molecule has 10 heavy (non-hydrogen) atoms. The maximum atomic E-state index is 5.67. The van der Waals surface area contributed by atoms with Crippen molar-refractivity contribution in [3.05, 3.63) is 0 Å². The molecule has 1 aliphatic heterocycles. The minimum atomic E-state index is -1.13. The van der Waals surface area contributed by atoms with Crippen LogP contribution in [0.5, 0.6) is 0 Å². The largest absolute Gasteiger partial charge is 0.420 e. The van der Waals surface area contributed by atoms with Crippen molar-refractivity contribution in [2.24, 2.45) is 0 Å². The zero-order chi connectivity index (χ0) is 7.45. The Labute approximate surface area is 64.9 Å². The lowest BCUT2D eigenvalue weighted by molar-refractivity contribution is 0.377. The van der Waals surface area contributed by atoms with E-state index in [1.54, 1.807) is 0 Å². The second-order valence-corrected chi connectivity index (χ2v) is 7.78. The van der Waals surface area contributed by atoms with E-state index in [-0.39, 0.29) is 0 Å². The van der Waals surface area contributed by atoms with Gasteiger partial charge in [-0.3, -0.25) is 0 Å². The lowest BCUT2D eigenvalue weighted by Gasteiger charge is -2.32. The first-order chi connectivity index (χ1) is 4.83. The average Bonchev–Trinajstić information content (AvgIpc) is 2.06. The fourth-order valence-corrected chi connectivity index (χ4v) is 5.34. The highest BCUT2D eigenvalue weighted by molar-refractivity contribution is 6.73. The van der Waals surface area contributed by atoms with Crippen LogP contribution in [-0.2, 0) is 4.43 Å². The van der Waals surface area contributed by atoms with Gasteiger partial charge in [0.2, 0.25) is 0 Å². The van der Waals surface area contributed by atoms with E-state index in [2.05, 4.69) is 6.92 Å². The predicted molar refractivity (Wildman–Crippen MR) is 46.7 cm³/mol. The summed E-state index contributed by atoms with van der Waals surface area (Å²) in [4.78, 5) is 0. The van der Waals surface area contributed by atoms with Gasteiger partial charge in [-0.1, -0.05) is 26.2 Å². The maximum absolute atomic E-state index is 5.67. The van der Waals surface area contributed by atoms with Crippen molar-refractivity contribution in [3.8, 4) is 0 Å². The molecule has 1 rings (SSSR count). The van der Waals surface area contributed by atoms with Gasteiger partial charge in [0.25, 0.3) is 0 Å². The van der Waals surface area contributed by atoms with Crippen molar-refractivity contribution in [2.75, 3.05) is 7.11 Å². The SMILES string of the molecule is CC[Si]1(OC)CCCCC1. The van der Waals surface area contributed by atoms with Gasteiger partial charge in [0.15, 0.2) is 8.32 Å². The Morgan fingerprint density at radius 3 is 2.10 bits per heavy atom.